The lowest BCUT2D eigenvalue weighted by Gasteiger charge is -2.28. The zero-order chi connectivity index (χ0) is 12.4. The molecule has 0 aromatic heterocycles. The van der Waals surface area contributed by atoms with Crippen LogP contribution in [0.1, 0.15) is 6.42 Å². The van der Waals surface area contributed by atoms with Crippen LogP contribution in [0.4, 0.5) is 10.5 Å². The predicted molar refractivity (Wildman–Crippen MR) is 71.7 cm³/mol. The number of hydrogen-bond donors (Lipinski definition) is 1. The highest BCUT2D eigenvalue weighted by Crippen LogP contribution is 2.20. The first-order valence-corrected chi connectivity index (χ1v) is 6.67. The Morgan fingerprint density at radius 2 is 1.94 bits per heavy atom. The molecule has 0 spiro atoms. The summed E-state index contributed by atoms with van der Waals surface area (Å²) < 4.78 is 0. The van der Waals surface area contributed by atoms with Crippen LogP contribution >= 0.6 is 0 Å². The fraction of sp³-hybridized carbons (Fsp3) is 0.500. The molecule has 2 aliphatic heterocycles. The largest absolute Gasteiger partial charge is 0.324 e. The average Bonchev–Trinajstić information content (AvgIpc) is 2.70. The second kappa shape index (κ2) is 4.98. The van der Waals surface area contributed by atoms with Gasteiger partial charge in [-0.3, -0.25) is 4.90 Å². The van der Waals surface area contributed by atoms with Gasteiger partial charge in [0.05, 0.1) is 0 Å². The Morgan fingerprint density at radius 3 is 2.61 bits per heavy atom. The monoisotopic (exact) mass is 245 g/mol. The quantitative estimate of drug-likeness (QED) is 0.873. The Balaban J connectivity index is 1.58. The number of nitrogens with zero attached hydrogens (tertiary/aromatic N) is 2. The number of anilines is 1. The van der Waals surface area contributed by atoms with E-state index in [4.69, 9.17) is 0 Å². The molecule has 2 aliphatic rings. The van der Waals surface area contributed by atoms with Gasteiger partial charge < -0.3 is 10.2 Å². The Morgan fingerprint density at radius 1 is 1.17 bits per heavy atom. The lowest BCUT2D eigenvalue weighted by Crippen LogP contribution is -2.44. The third kappa shape index (κ3) is 2.20. The molecule has 3 rings (SSSR count). The van der Waals surface area contributed by atoms with Gasteiger partial charge >= 0.3 is 6.03 Å². The summed E-state index contributed by atoms with van der Waals surface area (Å²) in [6, 6.07) is 10.1. The van der Waals surface area contributed by atoms with Gasteiger partial charge in [0, 0.05) is 25.3 Å². The summed E-state index contributed by atoms with van der Waals surface area (Å²) in [5.41, 5.74) is 1.01. The van der Waals surface area contributed by atoms with Crippen LogP contribution in [0.3, 0.4) is 0 Å². The lowest BCUT2D eigenvalue weighted by atomic mass is 9.99. The number of para-hydroxylation sites is 1. The maximum Gasteiger partial charge on any atom is 0.324 e. The zero-order valence-electron chi connectivity index (χ0n) is 10.5. The maximum absolute atomic E-state index is 12.3. The Hall–Kier alpha value is -1.55. The van der Waals surface area contributed by atoms with Gasteiger partial charge in [0.15, 0.2) is 0 Å². The predicted octanol–water partition coefficient (Wildman–Crippen LogP) is 1.54. The van der Waals surface area contributed by atoms with E-state index < -0.39 is 0 Å². The number of rotatable bonds is 4. The van der Waals surface area contributed by atoms with Gasteiger partial charge in [-0.1, -0.05) is 18.2 Å². The van der Waals surface area contributed by atoms with E-state index in [9.17, 15) is 4.79 Å². The number of nitrogens with one attached hydrogen (secondary N) is 1. The van der Waals surface area contributed by atoms with Crippen LogP contribution in [0.25, 0.3) is 0 Å². The van der Waals surface area contributed by atoms with Crippen molar-refractivity contribution in [1.29, 1.82) is 0 Å². The molecular weight excluding hydrogens is 226 g/mol. The molecule has 0 atom stereocenters. The van der Waals surface area contributed by atoms with Crippen molar-refractivity contribution < 1.29 is 4.79 Å². The van der Waals surface area contributed by atoms with Gasteiger partial charge in [-0.15, -0.1) is 0 Å². The fourth-order valence-corrected chi connectivity index (χ4v) is 2.53. The van der Waals surface area contributed by atoms with E-state index >= 15 is 0 Å². The summed E-state index contributed by atoms with van der Waals surface area (Å²) in [4.78, 5) is 16.1. The third-order valence-corrected chi connectivity index (χ3v) is 3.84. The standard InChI is InChI=1S/C14H19N3O/c18-14-16(7-6-12-10-15-11-12)8-9-17(14)13-4-2-1-3-5-13/h1-5,12,15H,6-11H2. The smallest absolute Gasteiger partial charge is 0.323 e. The van der Waals surface area contributed by atoms with Crippen molar-refractivity contribution >= 4 is 11.7 Å². The van der Waals surface area contributed by atoms with Gasteiger partial charge in [-0.25, -0.2) is 4.79 Å². The first kappa shape index (κ1) is 11.5. The molecular formula is C14H19N3O. The summed E-state index contributed by atoms with van der Waals surface area (Å²) in [6.07, 6.45) is 1.13. The van der Waals surface area contributed by atoms with Crippen LogP contribution < -0.4 is 10.2 Å². The molecule has 2 saturated heterocycles. The summed E-state index contributed by atoms with van der Waals surface area (Å²) in [5.74, 6) is 0.767. The second-order valence-corrected chi connectivity index (χ2v) is 5.07. The summed E-state index contributed by atoms with van der Waals surface area (Å²) in [5, 5.41) is 3.27. The van der Waals surface area contributed by atoms with Crippen LogP contribution in [-0.4, -0.2) is 43.7 Å². The van der Waals surface area contributed by atoms with Crippen LogP contribution in [0.2, 0.25) is 0 Å². The van der Waals surface area contributed by atoms with Crippen LogP contribution in [0, 0.1) is 5.92 Å². The normalized spacial score (nSPS) is 20.3. The van der Waals surface area contributed by atoms with Crippen LogP contribution in [0.15, 0.2) is 30.3 Å². The van der Waals surface area contributed by atoms with E-state index in [0.29, 0.717) is 0 Å². The van der Waals surface area contributed by atoms with Crippen molar-refractivity contribution in [2.24, 2.45) is 5.92 Å². The van der Waals surface area contributed by atoms with Gasteiger partial charge in [-0.2, -0.15) is 0 Å². The minimum atomic E-state index is 0.161. The van der Waals surface area contributed by atoms with E-state index in [2.05, 4.69) is 5.32 Å². The minimum absolute atomic E-state index is 0.161. The summed E-state index contributed by atoms with van der Waals surface area (Å²) in [7, 11) is 0. The molecule has 2 heterocycles. The molecule has 2 amide bonds. The molecule has 18 heavy (non-hydrogen) atoms. The van der Waals surface area contributed by atoms with E-state index in [0.717, 1.165) is 50.7 Å². The number of amides is 2. The minimum Gasteiger partial charge on any atom is -0.323 e. The topological polar surface area (TPSA) is 35.6 Å². The molecule has 0 radical (unpaired) electrons. The Labute approximate surface area is 108 Å². The molecule has 1 aromatic carbocycles. The van der Waals surface area contributed by atoms with Crippen LogP contribution in [-0.2, 0) is 0 Å². The molecule has 2 fully saturated rings. The highest BCUT2D eigenvalue weighted by molar-refractivity contribution is 5.94. The Bertz CT molecular complexity index is 416. The number of urea groups is 1. The first-order valence-electron chi connectivity index (χ1n) is 6.67. The second-order valence-electron chi connectivity index (χ2n) is 5.07. The molecule has 4 nitrogen and oxygen atoms in total. The van der Waals surface area contributed by atoms with E-state index in [1.165, 1.54) is 0 Å². The van der Waals surface area contributed by atoms with E-state index in [1.54, 1.807) is 0 Å². The molecule has 0 unspecified atom stereocenters. The van der Waals surface area contributed by atoms with Crippen molar-refractivity contribution in [3.8, 4) is 0 Å². The first-order chi connectivity index (χ1) is 8.84. The van der Waals surface area contributed by atoms with Gasteiger partial charge in [0.1, 0.15) is 0 Å². The average molecular weight is 245 g/mol. The zero-order valence-corrected chi connectivity index (χ0v) is 10.5. The van der Waals surface area contributed by atoms with Crippen LogP contribution in [0.5, 0.6) is 0 Å². The van der Waals surface area contributed by atoms with Gasteiger partial charge in [0.25, 0.3) is 0 Å². The molecule has 0 bridgehead atoms. The Kier molecular flexibility index (Phi) is 3.19. The molecule has 96 valence electrons. The fourth-order valence-electron chi connectivity index (χ4n) is 2.53. The maximum atomic E-state index is 12.3. The molecule has 0 saturated carbocycles. The van der Waals surface area contributed by atoms with Crippen molar-refractivity contribution in [1.82, 2.24) is 10.2 Å². The molecule has 1 aromatic rings. The SMILES string of the molecule is O=C1N(CCC2CNC2)CCN1c1ccccc1. The lowest BCUT2D eigenvalue weighted by molar-refractivity contribution is 0.211. The molecule has 0 aliphatic carbocycles. The number of carbonyl (C=O) groups excluding carboxylic acids is 1. The van der Waals surface area contributed by atoms with Gasteiger partial charge in [0.2, 0.25) is 0 Å². The van der Waals surface area contributed by atoms with Crippen molar-refractivity contribution in [3.63, 3.8) is 0 Å². The van der Waals surface area contributed by atoms with Gasteiger partial charge in [-0.05, 0) is 37.6 Å². The van der Waals surface area contributed by atoms with Crippen molar-refractivity contribution in [2.45, 2.75) is 6.42 Å². The highest BCUT2D eigenvalue weighted by atomic mass is 16.2. The summed E-state index contributed by atoms with van der Waals surface area (Å²) >= 11 is 0. The number of carbonyl (C=O) groups is 1. The highest BCUT2D eigenvalue weighted by Gasteiger charge is 2.30. The van der Waals surface area contributed by atoms with E-state index in [1.807, 2.05) is 40.1 Å². The number of benzene rings is 1. The third-order valence-electron chi connectivity index (χ3n) is 3.84. The van der Waals surface area contributed by atoms with Crippen molar-refractivity contribution in [3.05, 3.63) is 30.3 Å². The summed E-state index contributed by atoms with van der Waals surface area (Å²) in [6.45, 7) is 4.79. The van der Waals surface area contributed by atoms with Crippen molar-refractivity contribution in [2.75, 3.05) is 37.6 Å². The molecule has 4 heteroatoms. The molecule has 1 N–H and O–H groups in total. The number of hydrogen-bond acceptors (Lipinski definition) is 2. The van der Waals surface area contributed by atoms with E-state index in [-0.39, 0.29) is 6.03 Å².